The number of carbonyl (C=O) groups excluding carboxylic acids is 4. The smallest absolute Gasteiger partial charge is 0.410 e. The van der Waals surface area contributed by atoms with E-state index in [9.17, 15) is 24.3 Å². The maximum atomic E-state index is 14.7. The van der Waals surface area contributed by atoms with E-state index < -0.39 is 71.3 Å². The number of aromatic nitrogens is 2. The van der Waals surface area contributed by atoms with Gasteiger partial charge in [0.2, 0.25) is 0 Å². The molecular formula is C48H62N6O9S2. The minimum atomic E-state index is -1.21. The number of nitrogens with one attached hydrogen (secondary N) is 1. The van der Waals surface area contributed by atoms with Gasteiger partial charge in [0, 0.05) is 58.6 Å². The highest BCUT2D eigenvalue weighted by Gasteiger charge is 2.60. The number of ketones is 1. The van der Waals surface area contributed by atoms with Crippen LogP contribution in [-0.2, 0) is 28.5 Å². The maximum absolute atomic E-state index is 14.7. The van der Waals surface area contributed by atoms with Crippen LogP contribution in [-0.4, -0.2) is 130 Å². The van der Waals surface area contributed by atoms with E-state index in [2.05, 4.69) is 33.7 Å². The zero-order valence-electron chi connectivity index (χ0n) is 38.9. The molecule has 0 saturated carbocycles. The number of Topliss-reactive ketones (excluding diaryl/α,β-unsaturated/α-hetero) is 1. The van der Waals surface area contributed by atoms with Crippen LogP contribution in [0.3, 0.4) is 0 Å². The van der Waals surface area contributed by atoms with Gasteiger partial charge in [-0.2, -0.15) is 0 Å². The fraction of sp³-hybridized carbons (Fsp3) is 0.604. The topological polar surface area (TPSA) is 182 Å². The summed E-state index contributed by atoms with van der Waals surface area (Å²) >= 11 is 2.54. The molecule has 65 heavy (non-hydrogen) atoms. The number of carbonyl (C=O) groups is 4. The van der Waals surface area contributed by atoms with E-state index in [1.807, 2.05) is 89.3 Å². The average Bonchev–Trinajstić information content (AvgIpc) is 4.01. The molecule has 3 saturated heterocycles. The number of ether oxygens (including phenoxy) is 4. The Morgan fingerprint density at radius 3 is 2.48 bits per heavy atom. The molecule has 2 amide bonds. The number of nitrogens with zero attached hydrogens (tertiary/aromatic N) is 5. The van der Waals surface area contributed by atoms with Crippen molar-refractivity contribution < 1.29 is 43.2 Å². The van der Waals surface area contributed by atoms with Gasteiger partial charge in [-0.15, -0.1) is 16.4 Å². The van der Waals surface area contributed by atoms with E-state index in [0.29, 0.717) is 47.8 Å². The molecule has 3 fully saturated rings. The number of thiophene rings is 1. The van der Waals surface area contributed by atoms with Crippen molar-refractivity contribution in [2.24, 2.45) is 34.1 Å². The number of hydrogen-bond acceptors (Lipinski definition) is 15. The molecule has 0 spiro atoms. The Hall–Kier alpha value is -4.57. The molecular weight excluding hydrogens is 869 g/mol. The van der Waals surface area contributed by atoms with Crippen LogP contribution in [0, 0.1) is 40.9 Å². The van der Waals surface area contributed by atoms with E-state index in [0.717, 1.165) is 17.0 Å². The normalized spacial score (nSPS) is 34.4. The van der Waals surface area contributed by atoms with Gasteiger partial charge < -0.3 is 34.3 Å². The van der Waals surface area contributed by atoms with Crippen molar-refractivity contribution in [2.75, 3.05) is 32.5 Å². The van der Waals surface area contributed by atoms with Gasteiger partial charge in [-0.05, 0) is 95.8 Å². The summed E-state index contributed by atoms with van der Waals surface area (Å²) in [6.07, 6.45) is -3.03. The number of rotatable bonds is 8. The number of aliphatic imine (C=N–C) groups is 1. The summed E-state index contributed by atoms with van der Waals surface area (Å²) in [4.78, 5) is 65.7. The Kier molecular flexibility index (Phi) is 14.7. The molecule has 0 aliphatic carbocycles. The van der Waals surface area contributed by atoms with Gasteiger partial charge >= 0.3 is 12.1 Å². The lowest BCUT2D eigenvalue weighted by atomic mass is 9.66. The number of fused-ring (bicyclic) bond motifs is 1. The van der Waals surface area contributed by atoms with Gasteiger partial charge in [0.25, 0.3) is 5.91 Å². The number of anilines is 1. The molecule has 4 aliphatic heterocycles. The number of cyclic esters (lactones) is 1. The largest absolute Gasteiger partial charge is 0.458 e. The van der Waals surface area contributed by atoms with Crippen LogP contribution in [0.1, 0.15) is 95.6 Å². The predicted molar refractivity (Wildman–Crippen MR) is 249 cm³/mol. The Bertz CT molecular complexity index is 2310. The van der Waals surface area contributed by atoms with Crippen molar-refractivity contribution in [3.05, 3.63) is 51.5 Å². The van der Waals surface area contributed by atoms with Crippen molar-refractivity contribution in [3.8, 4) is 23.1 Å². The molecule has 350 valence electrons. The molecule has 0 radical (unpaired) electrons. The second-order valence-corrected chi connectivity index (χ2v) is 20.6. The second kappa shape index (κ2) is 19.7. The number of benzene rings is 1. The molecule has 15 nitrogen and oxygen atoms in total. The van der Waals surface area contributed by atoms with E-state index >= 15 is 0 Å². The van der Waals surface area contributed by atoms with Crippen LogP contribution in [0.2, 0.25) is 0 Å². The summed E-state index contributed by atoms with van der Waals surface area (Å²) in [5.74, 6) is 2.71. The summed E-state index contributed by atoms with van der Waals surface area (Å²) < 4.78 is 29.6. The zero-order chi connectivity index (χ0) is 47.0. The molecule has 2 unspecified atom stereocenters. The quantitative estimate of drug-likeness (QED) is 0.135. The fourth-order valence-corrected chi connectivity index (χ4v) is 11.8. The fourth-order valence-electron chi connectivity index (χ4n) is 10.5. The van der Waals surface area contributed by atoms with Gasteiger partial charge in [0.1, 0.15) is 23.8 Å². The lowest BCUT2D eigenvalue weighted by Gasteiger charge is -2.47. The zero-order valence-corrected chi connectivity index (χ0v) is 40.5. The molecule has 2 aromatic heterocycles. The lowest BCUT2D eigenvalue weighted by Crippen LogP contribution is -2.58. The standard InChI is InChI=1S/C48H62N6O9S2/c1-11-37-48(8)41-28(4)38(49-21-22-54(41)46(59)63-48)26(2)24-47(7,42(29(5)39(55)30(6)44(58)61-37)62-45-40(56)35(53(9)10)23-27(3)60-45)20-12-13-33-18-19-36(65-33)43(57)50-32-16-14-31(15-17-32)34-25-64-52-51-34/h14-19,25-30,35,37,40-42,45,56H,11,20-24H2,1-10H3,(H,50,57)/t26-,27-,28-,29+,30-,35+,37+,40-,41?,42-,45?,47+,48-/m1/s1. The Labute approximate surface area is 389 Å². The first-order valence-electron chi connectivity index (χ1n) is 22.6. The van der Waals surface area contributed by atoms with E-state index in [1.165, 1.54) is 22.9 Å². The summed E-state index contributed by atoms with van der Waals surface area (Å²) in [7, 11) is 3.80. The highest BCUT2D eigenvalue weighted by atomic mass is 32.1. The maximum Gasteiger partial charge on any atom is 0.410 e. The average molecular weight is 931 g/mol. The number of hydrogen-bond donors (Lipinski definition) is 2. The Balaban J connectivity index is 1.24. The number of aliphatic hydroxyl groups excluding tert-OH is 1. The first kappa shape index (κ1) is 48.4. The summed E-state index contributed by atoms with van der Waals surface area (Å²) in [6.45, 7) is 15.8. The third-order valence-electron chi connectivity index (χ3n) is 13.8. The monoisotopic (exact) mass is 930 g/mol. The molecule has 4 aliphatic rings. The number of amides is 2. The third kappa shape index (κ3) is 9.94. The van der Waals surface area contributed by atoms with Crippen LogP contribution < -0.4 is 5.32 Å². The minimum absolute atomic E-state index is 0.206. The molecule has 1 aromatic carbocycles. The summed E-state index contributed by atoms with van der Waals surface area (Å²) in [6, 6.07) is 10.2. The third-order valence-corrected chi connectivity index (χ3v) is 15.3. The van der Waals surface area contributed by atoms with Crippen LogP contribution >= 0.6 is 22.9 Å². The van der Waals surface area contributed by atoms with E-state index in [1.54, 1.807) is 24.8 Å². The van der Waals surface area contributed by atoms with Crippen molar-refractivity contribution in [3.63, 3.8) is 0 Å². The SMILES string of the molecule is CC[C@@H]1OC(=O)[C@H](C)C(=O)[C@H](C)[C@@H](OC2O[C@H](C)C[C@H](N(C)C)[C@H]2O)[C@@](C)(CC#Cc2ccc(C(=O)Nc3ccc(-c4csnn4)cc3)s2)C[C@@H](C)C2=NCCN3C(=O)O[C@@]1(C)C3[C@@H]2C. The molecule has 17 heteroatoms. The number of aliphatic hydroxyl groups is 1. The minimum Gasteiger partial charge on any atom is -0.458 e. The summed E-state index contributed by atoms with van der Waals surface area (Å²) in [5.41, 5.74) is 1.05. The van der Waals surface area contributed by atoms with E-state index in [-0.39, 0.29) is 36.3 Å². The van der Waals surface area contributed by atoms with Gasteiger partial charge in [-0.3, -0.25) is 24.3 Å². The molecule has 2 bridgehead atoms. The number of likely N-dealkylation sites (N-methyl/N-ethyl adjacent to an activating group) is 1. The van der Waals surface area contributed by atoms with E-state index in [4.69, 9.17) is 23.9 Å². The number of esters is 1. The van der Waals surface area contributed by atoms with Gasteiger partial charge in [-0.1, -0.05) is 63.1 Å². The van der Waals surface area contributed by atoms with Crippen molar-refractivity contribution in [1.29, 1.82) is 0 Å². The van der Waals surface area contributed by atoms with Gasteiger partial charge in [-0.25, -0.2) is 4.79 Å². The van der Waals surface area contributed by atoms with Crippen LogP contribution in [0.5, 0.6) is 0 Å². The van der Waals surface area contributed by atoms with Gasteiger partial charge in [0.15, 0.2) is 17.7 Å². The molecule has 7 rings (SSSR count). The van der Waals surface area contributed by atoms with Crippen LogP contribution in [0.25, 0.3) is 11.3 Å². The highest BCUT2D eigenvalue weighted by Crippen LogP contribution is 2.46. The molecule has 2 N–H and O–H groups in total. The summed E-state index contributed by atoms with van der Waals surface area (Å²) in [5, 5.41) is 20.7. The lowest BCUT2D eigenvalue weighted by molar-refractivity contribution is -0.286. The second-order valence-electron chi connectivity index (χ2n) is 18.9. The van der Waals surface area contributed by atoms with Gasteiger partial charge in [0.05, 0.1) is 34.5 Å². The molecule has 3 aromatic rings. The first-order chi connectivity index (χ1) is 30.8. The Morgan fingerprint density at radius 1 is 1.06 bits per heavy atom. The van der Waals surface area contributed by atoms with Crippen LogP contribution in [0.15, 0.2) is 46.8 Å². The van der Waals surface area contributed by atoms with Crippen molar-refractivity contribution in [1.82, 2.24) is 19.4 Å². The van der Waals surface area contributed by atoms with Crippen molar-refractivity contribution in [2.45, 2.75) is 129 Å². The first-order valence-corrected chi connectivity index (χ1v) is 24.2. The van der Waals surface area contributed by atoms with Crippen molar-refractivity contribution >= 4 is 58.0 Å². The molecule has 6 heterocycles. The highest BCUT2D eigenvalue weighted by molar-refractivity contribution is 7.14. The predicted octanol–water partition coefficient (Wildman–Crippen LogP) is 6.95. The molecule has 13 atom stereocenters. The Morgan fingerprint density at radius 2 is 1.80 bits per heavy atom. The van der Waals surface area contributed by atoms with Crippen LogP contribution in [0.4, 0.5) is 10.5 Å².